The first-order chi connectivity index (χ1) is 14.0. The van der Waals surface area contributed by atoms with Gasteiger partial charge in [0.05, 0.1) is 17.9 Å². The molecule has 0 bridgehead atoms. The lowest BCUT2D eigenvalue weighted by Crippen LogP contribution is -2.27. The molecule has 0 saturated carbocycles. The first-order valence-electron chi connectivity index (χ1n) is 9.28. The van der Waals surface area contributed by atoms with Gasteiger partial charge in [-0.3, -0.25) is 4.90 Å². The summed E-state index contributed by atoms with van der Waals surface area (Å²) in [6, 6.07) is 14.1. The van der Waals surface area contributed by atoms with Gasteiger partial charge in [0.2, 0.25) is 5.88 Å². The first-order valence-corrected chi connectivity index (χ1v) is 9.28. The highest BCUT2D eigenvalue weighted by molar-refractivity contribution is 5.90. The number of halogens is 1. The van der Waals surface area contributed by atoms with Crippen LogP contribution in [-0.4, -0.2) is 30.4 Å². The van der Waals surface area contributed by atoms with Crippen molar-refractivity contribution in [3.05, 3.63) is 65.6 Å². The summed E-state index contributed by atoms with van der Waals surface area (Å²) >= 11 is 0. The highest BCUT2D eigenvalue weighted by atomic mass is 19.1. The van der Waals surface area contributed by atoms with E-state index < -0.39 is 11.9 Å². The summed E-state index contributed by atoms with van der Waals surface area (Å²) in [5, 5.41) is 6.97. The Bertz CT molecular complexity index is 1020. The van der Waals surface area contributed by atoms with E-state index in [2.05, 4.69) is 10.5 Å². The van der Waals surface area contributed by atoms with Crippen molar-refractivity contribution in [2.45, 2.75) is 19.6 Å². The van der Waals surface area contributed by atoms with E-state index in [1.807, 2.05) is 37.3 Å². The average Bonchev–Trinajstić information content (AvgIpc) is 3.32. The average molecular weight is 396 g/mol. The first kappa shape index (κ1) is 18.9. The number of aromatic nitrogens is 1. The lowest BCUT2D eigenvalue weighted by atomic mass is 10.0. The fraction of sp³-hybridized carbons (Fsp3) is 0.238. The number of hydrogen-bond acceptors (Lipinski definition) is 6. The molecule has 3 aromatic rings. The third kappa shape index (κ3) is 4.07. The molecular formula is C21H21FN4O3. The molecule has 0 radical (unpaired) electrons. The Kier molecular flexibility index (Phi) is 5.18. The number of aryl methyl sites for hydroxylation is 1. The number of anilines is 2. The second-order valence-corrected chi connectivity index (χ2v) is 6.90. The lowest BCUT2D eigenvalue weighted by Gasteiger charge is -2.14. The summed E-state index contributed by atoms with van der Waals surface area (Å²) in [7, 11) is 0. The van der Waals surface area contributed by atoms with E-state index in [1.165, 1.54) is 11.0 Å². The van der Waals surface area contributed by atoms with E-state index in [9.17, 15) is 9.18 Å². The van der Waals surface area contributed by atoms with Crippen LogP contribution in [0.3, 0.4) is 0 Å². The molecule has 8 heteroatoms. The van der Waals surface area contributed by atoms with Crippen molar-refractivity contribution >= 4 is 17.7 Å². The van der Waals surface area contributed by atoms with Crippen molar-refractivity contribution in [3.63, 3.8) is 0 Å². The predicted molar refractivity (Wildman–Crippen MR) is 107 cm³/mol. The van der Waals surface area contributed by atoms with Crippen LogP contribution in [0, 0.1) is 12.7 Å². The Balaban J connectivity index is 1.46. The largest absolute Gasteiger partial charge is 0.443 e. The monoisotopic (exact) mass is 396 g/mol. The van der Waals surface area contributed by atoms with E-state index in [1.54, 1.807) is 12.1 Å². The van der Waals surface area contributed by atoms with Gasteiger partial charge in [0, 0.05) is 24.7 Å². The number of amides is 1. The Labute approximate surface area is 167 Å². The van der Waals surface area contributed by atoms with Gasteiger partial charge < -0.3 is 20.3 Å². The number of ether oxygens (including phenoxy) is 1. The Morgan fingerprint density at radius 3 is 2.66 bits per heavy atom. The van der Waals surface area contributed by atoms with E-state index in [4.69, 9.17) is 15.0 Å². The van der Waals surface area contributed by atoms with Crippen LogP contribution in [-0.2, 0) is 11.3 Å². The predicted octanol–water partition coefficient (Wildman–Crippen LogP) is 3.69. The van der Waals surface area contributed by atoms with E-state index >= 15 is 0 Å². The zero-order valence-electron chi connectivity index (χ0n) is 15.9. The standard InChI is InChI=1S/C21H21FN4O3/c1-13-8-20(29-25-13)24-11-14-2-4-15(5-3-14)18-7-6-16(9-19(18)22)26-12-17(10-23)28-21(26)27/h2-9,17,24H,10-12,23H2,1H3/t17-/m0/s1. The lowest BCUT2D eigenvalue weighted by molar-refractivity contribution is 0.145. The third-order valence-electron chi connectivity index (χ3n) is 4.76. The Morgan fingerprint density at radius 2 is 2.03 bits per heavy atom. The van der Waals surface area contributed by atoms with Gasteiger partial charge in [-0.25, -0.2) is 9.18 Å². The fourth-order valence-corrected chi connectivity index (χ4v) is 3.20. The van der Waals surface area contributed by atoms with Crippen molar-refractivity contribution < 1.29 is 18.4 Å². The number of benzene rings is 2. The van der Waals surface area contributed by atoms with Crippen LogP contribution in [0.15, 0.2) is 53.1 Å². The maximum Gasteiger partial charge on any atom is 0.414 e. The molecule has 3 N–H and O–H groups in total. The van der Waals surface area contributed by atoms with Crippen LogP contribution in [0.25, 0.3) is 11.1 Å². The molecule has 0 aliphatic carbocycles. The highest BCUT2D eigenvalue weighted by Crippen LogP contribution is 2.29. The van der Waals surface area contributed by atoms with Gasteiger partial charge in [-0.05, 0) is 36.2 Å². The quantitative estimate of drug-likeness (QED) is 0.660. The van der Waals surface area contributed by atoms with Crippen LogP contribution in [0.2, 0.25) is 0 Å². The molecule has 1 atom stereocenters. The third-order valence-corrected chi connectivity index (χ3v) is 4.76. The molecule has 2 aromatic carbocycles. The molecule has 4 rings (SSSR count). The van der Waals surface area contributed by atoms with Crippen LogP contribution in [0.1, 0.15) is 11.3 Å². The smallest absolute Gasteiger partial charge is 0.414 e. The molecule has 150 valence electrons. The molecular weight excluding hydrogens is 375 g/mol. The Morgan fingerprint density at radius 1 is 1.24 bits per heavy atom. The molecule has 0 unspecified atom stereocenters. The van der Waals surface area contributed by atoms with Gasteiger partial charge in [0.15, 0.2) is 0 Å². The molecule has 7 nitrogen and oxygen atoms in total. The summed E-state index contributed by atoms with van der Waals surface area (Å²) in [6.07, 6.45) is -0.876. The van der Waals surface area contributed by atoms with Crippen molar-refractivity contribution in [2.24, 2.45) is 5.73 Å². The minimum Gasteiger partial charge on any atom is -0.443 e. The highest BCUT2D eigenvalue weighted by Gasteiger charge is 2.31. The van der Waals surface area contributed by atoms with Crippen LogP contribution >= 0.6 is 0 Å². The number of rotatable bonds is 6. The van der Waals surface area contributed by atoms with Gasteiger partial charge in [-0.15, -0.1) is 0 Å². The van der Waals surface area contributed by atoms with E-state index in [-0.39, 0.29) is 12.6 Å². The van der Waals surface area contributed by atoms with E-state index in [0.717, 1.165) is 16.8 Å². The number of hydrogen-bond donors (Lipinski definition) is 2. The van der Waals surface area contributed by atoms with Crippen LogP contribution in [0.5, 0.6) is 0 Å². The van der Waals surface area contributed by atoms with Crippen molar-refractivity contribution in [2.75, 3.05) is 23.3 Å². The zero-order valence-corrected chi connectivity index (χ0v) is 15.9. The SMILES string of the molecule is Cc1cc(NCc2ccc(-c3ccc(N4C[C@H](CN)OC4=O)cc3F)cc2)on1. The number of nitrogens with two attached hydrogens (primary N) is 1. The molecule has 1 fully saturated rings. The van der Waals surface area contributed by atoms with Crippen molar-refractivity contribution in [1.29, 1.82) is 0 Å². The van der Waals surface area contributed by atoms with Crippen molar-refractivity contribution in [3.8, 4) is 11.1 Å². The minimum atomic E-state index is -0.508. The number of carbonyl (C=O) groups excluding carboxylic acids is 1. The maximum atomic E-state index is 14.7. The number of nitrogens with one attached hydrogen (secondary N) is 1. The zero-order chi connectivity index (χ0) is 20.4. The number of carbonyl (C=O) groups is 1. The van der Waals surface area contributed by atoms with E-state index in [0.29, 0.717) is 30.2 Å². The summed E-state index contributed by atoms with van der Waals surface area (Å²) in [5.41, 5.74) is 9.03. The fourth-order valence-electron chi connectivity index (χ4n) is 3.20. The molecule has 1 aromatic heterocycles. The summed E-state index contributed by atoms with van der Waals surface area (Å²) in [5.74, 6) is 0.194. The van der Waals surface area contributed by atoms with Crippen LogP contribution in [0.4, 0.5) is 20.8 Å². The van der Waals surface area contributed by atoms with Gasteiger partial charge in [0.25, 0.3) is 0 Å². The van der Waals surface area contributed by atoms with Crippen LogP contribution < -0.4 is 16.0 Å². The maximum absolute atomic E-state index is 14.7. The van der Waals surface area contributed by atoms with Gasteiger partial charge in [0.1, 0.15) is 11.9 Å². The second kappa shape index (κ2) is 7.92. The van der Waals surface area contributed by atoms with Crippen molar-refractivity contribution in [1.82, 2.24) is 5.16 Å². The molecule has 1 amide bonds. The van der Waals surface area contributed by atoms with Gasteiger partial charge in [-0.1, -0.05) is 29.4 Å². The molecule has 1 aliphatic heterocycles. The molecule has 0 spiro atoms. The normalized spacial score (nSPS) is 16.2. The van der Waals surface area contributed by atoms with Gasteiger partial charge in [-0.2, -0.15) is 0 Å². The topological polar surface area (TPSA) is 93.6 Å². The summed E-state index contributed by atoms with van der Waals surface area (Å²) in [6.45, 7) is 2.97. The van der Waals surface area contributed by atoms with Gasteiger partial charge >= 0.3 is 6.09 Å². The second-order valence-electron chi connectivity index (χ2n) is 6.90. The molecule has 1 saturated heterocycles. The number of cyclic esters (lactones) is 1. The summed E-state index contributed by atoms with van der Waals surface area (Å²) in [4.78, 5) is 13.3. The summed E-state index contributed by atoms with van der Waals surface area (Å²) < 4.78 is 25.0. The minimum absolute atomic E-state index is 0.236. The molecule has 2 heterocycles. The molecule has 1 aliphatic rings. The molecule has 29 heavy (non-hydrogen) atoms. The number of nitrogens with zero attached hydrogens (tertiary/aromatic N) is 2. The Hall–Kier alpha value is -3.39.